The van der Waals surface area contributed by atoms with Crippen LogP contribution < -0.4 is 20.7 Å². The van der Waals surface area contributed by atoms with E-state index < -0.39 is 16.9 Å². The fraction of sp³-hybridized carbons (Fsp3) is 0.396. The summed E-state index contributed by atoms with van der Waals surface area (Å²) in [5, 5.41) is 36.5. The minimum Gasteiger partial charge on any atom is -0.486 e. The molecular formula is C48H53ClN8O6. The van der Waals surface area contributed by atoms with Crippen LogP contribution in [0.4, 0.5) is 0 Å². The second-order valence-electron chi connectivity index (χ2n) is 17.5. The topological polar surface area (TPSA) is 204 Å². The highest BCUT2D eigenvalue weighted by molar-refractivity contribution is 6.06. The summed E-state index contributed by atoms with van der Waals surface area (Å²) < 4.78 is 25.0. The van der Waals surface area contributed by atoms with Gasteiger partial charge in [0.05, 0.1) is 59.0 Å². The molecule has 9 rings (SSSR count). The van der Waals surface area contributed by atoms with E-state index >= 15 is 0 Å². The summed E-state index contributed by atoms with van der Waals surface area (Å²) in [6, 6.07) is 31.3. The number of nitrogens with zero attached hydrogens (tertiary/aromatic N) is 6. The van der Waals surface area contributed by atoms with E-state index in [1.807, 2.05) is 79.0 Å². The van der Waals surface area contributed by atoms with Gasteiger partial charge in [0.25, 0.3) is 0 Å². The van der Waals surface area contributed by atoms with E-state index in [-0.39, 0.29) is 23.6 Å². The molecule has 4 aromatic carbocycles. The molecule has 5 aliphatic rings. The van der Waals surface area contributed by atoms with Crippen molar-refractivity contribution in [2.24, 2.45) is 15.7 Å². The first-order chi connectivity index (χ1) is 29.6. The van der Waals surface area contributed by atoms with E-state index in [4.69, 9.17) is 45.0 Å². The minimum absolute atomic E-state index is 0. The van der Waals surface area contributed by atoms with Crippen molar-refractivity contribution >= 4 is 24.1 Å². The molecule has 63 heavy (non-hydrogen) atoms. The van der Waals surface area contributed by atoms with Crippen LogP contribution in [-0.4, -0.2) is 71.7 Å². The van der Waals surface area contributed by atoms with Gasteiger partial charge in [-0.1, -0.05) is 36.4 Å². The SMILES string of the molecule is CC1(C)CC2(CCO1)CC(=NC#N)c1cc(-c3cccc(C#N)c3)ccc1O2.CN1OC2(CC3(CCOC(C)(C)C3)Oc3ccc(-c4cccc(C#N)c4)cc32)N=C1N.CNO.Cl. The normalized spacial score (nSPS) is 25.1. The molecule has 328 valence electrons. The molecule has 4 N–H and O–H groups in total. The van der Waals surface area contributed by atoms with Crippen molar-refractivity contribution in [3.8, 4) is 52.1 Å². The summed E-state index contributed by atoms with van der Waals surface area (Å²) in [4.78, 5) is 15.2. The number of rotatable bonds is 2. The molecule has 3 atom stereocenters. The van der Waals surface area contributed by atoms with Gasteiger partial charge < -0.3 is 29.9 Å². The van der Waals surface area contributed by atoms with Gasteiger partial charge in [-0.2, -0.15) is 20.8 Å². The molecule has 3 unspecified atom stereocenters. The number of hydroxylamine groups is 3. The Morgan fingerprint density at radius 2 is 1.27 bits per heavy atom. The lowest BCUT2D eigenvalue weighted by Crippen LogP contribution is -2.55. The van der Waals surface area contributed by atoms with Gasteiger partial charge in [0, 0.05) is 58.2 Å². The second-order valence-corrected chi connectivity index (χ2v) is 17.5. The fourth-order valence-corrected chi connectivity index (χ4v) is 9.36. The minimum atomic E-state index is -0.956. The maximum absolute atomic E-state index is 9.27. The van der Waals surface area contributed by atoms with Crippen LogP contribution in [-0.2, 0) is 20.0 Å². The van der Waals surface area contributed by atoms with Crippen molar-refractivity contribution < 1.29 is 29.0 Å². The lowest BCUT2D eigenvalue weighted by atomic mass is 9.75. The number of hydrogen-bond donors (Lipinski definition) is 3. The molecule has 5 aliphatic heterocycles. The van der Waals surface area contributed by atoms with E-state index in [0.717, 1.165) is 76.3 Å². The predicted molar refractivity (Wildman–Crippen MR) is 240 cm³/mol. The van der Waals surface area contributed by atoms with E-state index in [9.17, 15) is 10.5 Å². The van der Waals surface area contributed by atoms with Gasteiger partial charge in [-0.05, 0) is 98.5 Å². The maximum atomic E-state index is 9.27. The van der Waals surface area contributed by atoms with Gasteiger partial charge >= 0.3 is 0 Å². The maximum Gasteiger partial charge on any atom is 0.222 e. The zero-order valence-electron chi connectivity index (χ0n) is 36.4. The summed E-state index contributed by atoms with van der Waals surface area (Å²) in [7, 11) is 3.20. The molecule has 0 aromatic heterocycles. The number of aliphatic imine (C=N–C) groups is 2. The molecule has 2 saturated heterocycles. The number of hydrogen-bond acceptors (Lipinski definition) is 14. The van der Waals surface area contributed by atoms with Crippen LogP contribution in [0.5, 0.6) is 11.5 Å². The lowest BCUT2D eigenvalue weighted by Gasteiger charge is -2.50. The third kappa shape index (κ3) is 9.96. The van der Waals surface area contributed by atoms with Gasteiger partial charge in [0.2, 0.25) is 17.9 Å². The molecule has 0 radical (unpaired) electrons. The van der Waals surface area contributed by atoms with E-state index in [1.54, 1.807) is 24.7 Å². The van der Waals surface area contributed by atoms with Crippen LogP contribution in [0, 0.1) is 34.1 Å². The molecule has 0 aliphatic carbocycles. The Labute approximate surface area is 374 Å². The Bertz CT molecular complexity index is 2540. The number of fused-ring (bicyclic) bond motifs is 3. The molecule has 3 spiro atoms. The van der Waals surface area contributed by atoms with E-state index in [2.05, 4.69) is 44.8 Å². The Morgan fingerprint density at radius 1 is 0.746 bits per heavy atom. The third-order valence-electron chi connectivity index (χ3n) is 11.7. The van der Waals surface area contributed by atoms with Crippen LogP contribution >= 0.6 is 12.4 Å². The molecule has 2 fully saturated rings. The average molecular weight is 873 g/mol. The van der Waals surface area contributed by atoms with Crippen molar-refractivity contribution in [3.05, 3.63) is 107 Å². The Hall–Kier alpha value is -6.02. The average Bonchev–Trinajstić information content (AvgIpc) is 3.51. The first kappa shape index (κ1) is 46.5. The molecule has 4 aromatic rings. The van der Waals surface area contributed by atoms with Crippen molar-refractivity contribution in [1.82, 2.24) is 10.5 Å². The van der Waals surface area contributed by atoms with Crippen LogP contribution in [0.3, 0.4) is 0 Å². The zero-order valence-corrected chi connectivity index (χ0v) is 37.2. The second kappa shape index (κ2) is 18.4. The Morgan fingerprint density at radius 3 is 1.81 bits per heavy atom. The molecular weight excluding hydrogens is 820 g/mol. The first-order valence-corrected chi connectivity index (χ1v) is 20.6. The lowest BCUT2D eigenvalue weighted by molar-refractivity contribution is -0.224. The number of nitrogens with one attached hydrogen (secondary N) is 1. The highest BCUT2D eigenvalue weighted by Crippen LogP contribution is 2.54. The molecule has 5 heterocycles. The summed E-state index contributed by atoms with van der Waals surface area (Å²) in [6.45, 7) is 9.56. The van der Waals surface area contributed by atoms with Crippen LogP contribution in [0.15, 0.2) is 94.9 Å². The van der Waals surface area contributed by atoms with Gasteiger partial charge in [-0.3, -0.25) is 0 Å². The molecule has 0 bridgehead atoms. The molecule has 0 saturated carbocycles. The van der Waals surface area contributed by atoms with E-state index in [1.165, 1.54) is 12.1 Å². The van der Waals surface area contributed by atoms with Crippen LogP contribution in [0.1, 0.15) is 88.5 Å². The quantitative estimate of drug-likeness (QED) is 0.129. The molecule has 0 amide bonds. The van der Waals surface area contributed by atoms with E-state index in [0.29, 0.717) is 43.1 Å². The van der Waals surface area contributed by atoms with Gasteiger partial charge in [0.1, 0.15) is 22.7 Å². The molecule has 14 nitrogen and oxygen atoms in total. The highest BCUT2D eigenvalue weighted by atomic mass is 35.5. The summed E-state index contributed by atoms with van der Waals surface area (Å²) in [5.74, 6) is 1.83. The van der Waals surface area contributed by atoms with Gasteiger partial charge in [-0.25, -0.2) is 20.4 Å². The predicted octanol–water partition coefficient (Wildman–Crippen LogP) is 8.30. The largest absolute Gasteiger partial charge is 0.486 e. The number of benzene rings is 4. The van der Waals surface area contributed by atoms with Gasteiger partial charge in [0.15, 0.2) is 0 Å². The summed E-state index contributed by atoms with van der Waals surface area (Å²) in [6.07, 6.45) is 6.09. The number of nitriles is 3. The van der Waals surface area contributed by atoms with Crippen molar-refractivity contribution in [2.75, 3.05) is 27.3 Å². The van der Waals surface area contributed by atoms with Crippen molar-refractivity contribution in [1.29, 1.82) is 15.8 Å². The van der Waals surface area contributed by atoms with Crippen LogP contribution in [0.2, 0.25) is 0 Å². The highest BCUT2D eigenvalue weighted by Gasteiger charge is 2.57. The Kier molecular flexibility index (Phi) is 13.6. The van der Waals surface area contributed by atoms with Gasteiger partial charge in [-0.15, -0.1) is 12.4 Å². The number of nitrogens with two attached hydrogens (primary N) is 1. The van der Waals surface area contributed by atoms with Crippen molar-refractivity contribution in [3.63, 3.8) is 0 Å². The molecule has 15 heteroatoms. The summed E-state index contributed by atoms with van der Waals surface area (Å²) >= 11 is 0. The van der Waals surface area contributed by atoms with Crippen molar-refractivity contribution in [2.45, 2.75) is 94.3 Å². The number of ether oxygens (including phenoxy) is 4. The monoisotopic (exact) mass is 872 g/mol. The van der Waals surface area contributed by atoms with Crippen LogP contribution in [0.25, 0.3) is 22.3 Å². The standard InChI is InChI=1S/C24H26N4O3.C23H21N3O2.CH5NO.ClH/c1-22(2)14-23(9-10-29-22)15-24(27-21(26)28(3)31-24)19-12-18(7-8-20(19)30-23)17-6-4-5-16(11-17)13-25;1-22(2)14-23(8-9-27-22)12-20(26-15-25)19-11-18(6-7-21(19)28-23)17-5-3-4-16(10-17)13-24;1-2-3;/h4-8,11-12H,9-10,14-15H2,1-3H3,(H2,26,27);3-7,10-11H,8-9,12,14H2,1-2H3;2-3H,1H3;1H. The Balaban J connectivity index is 0.000000196. The summed E-state index contributed by atoms with van der Waals surface area (Å²) in [5.41, 5.74) is 13.0. The first-order valence-electron chi connectivity index (χ1n) is 20.6. The number of guanidine groups is 1. The number of halogens is 1. The zero-order chi connectivity index (χ0) is 44.3. The smallest absolute Gasteiger partial charge is 0.222 e. The third-order valence-corrected chi connectivity index (χ3v) is 11.7. The fourth-order valence-electron chi connectivity index (χ4n) is 9.36.